The molecule has 0 spiro atoms. The maximum Gasteiger partial charge on any atom is 0.259 e. The van der Waals surface area contributed by atoms with Crippen molar-refractivity contribution >= 4 is 23.4 Å². The molecule has 0 bridgehead atoms. The zero-order valence-corrected chi connectivity index (χ0v) is 14.3. The number of nitrogens with zero attached hydrogens (tertiary/aromatic N) is 5. The maximum absolute atomic E-state index is 9.88. The predicted molar refractivity (Wildman–Crippen MR) is 100 cm³/mol. The first-order chi connectivity index (χ1) is 13.1. The number of nitrogens with two attached hydrogens (primary N) is 2. The highest BCUT2D eigenvalue weighted by Crippen LogP contribution is 2.21. The van der Waals surface area contributed by atoms with E-state index < -0.39 is 0 Å². The third-order valence-corrected chi connectivity index (χ3v) is 3.99. The zero-order chi connectivity index (χ0) is 18.8. The third kappa shape index (κ3) is 3.45. The van der Waals surface area contributed by atoms with Crippen LogP contribution in [0.3, 0.4) is 0 Å². The molecule has 0 saturated heterocycles. The summed E-state index contributed by atoms with van der Waals surface area (Å²) in [5, 5.41) is 17.2. The number of phenolic OH excluding ortho intramolecular Hbond substituents is 1. The van der Waals surface area contributed by atoms with E-state index >= 15 is 0 Å². The third-order valence-electron chi connectivity index (χ3n) is 3.99. The first-order valence-corrected chi connectivity index (χ1v) is 8.35. The predicted octanol–water partition coefficient (Wildman–Crippen LogP) is 1.69. The number of rotatable bonds is 6. The van der Waals surface area contributed by atoms with E-state index in [1.165, 1.54) is 4.52 Å². The second-order valence-electron chi connectivity index (χ2n) is 5.95. The highest BCUT2D eigenvalue weighted by atomic mass is 16.3. The van der Waals surface area contributed by atoms with Crippen molar-refractivity contribution in [3.05, 3.63) is 42.2 Å². The summed E-state index contributed by atoms with van der Waals surface area (Å²) in [6.45, 7) is 0.596. The largest absolute Gasteiger partial charge is 0.508 e. The number of hydrogen-bond acceptors (Lipinski definition) is 9. The summed E-state index contributed by atoms with van der Waals surface area (Å²) in [6.07, 6.45) is 2.99. The van der Waals surface area contributed by atoms with E-state index in [4.69, 9.17) is 15.9 Å². The van der Waals surface area contributed by atoms with Gasteiger partial charge in [-0.1, -0.05) is 6.07 Å². The molecule has 0 fully saturated rings. The van der Waals surface area contributed by atoms with Crippen molar-refractivity contribution in [3.63, 3.8) is 0 Å². The molecule has 6 N–H and O–H groups in total. The Morgan fingerprint density at radius 2 is 2.04 bits per heavy atom. The summed E-state index contributed by atoms with van der Waals surface area (Å²) in [4.78, 5) is 12.8. The summed E-state index contributed by atoms with van der Waals surface area (Å²) in [5.74, 6) is 1.97. The van der Waals surface area contributed by atoms with Crippen LogP contribution in [-0.4, -0.2) is 36.2 Å². The number of nitrogen functional groups attached to an aromatic ring is 2. The van der Waals surface area contributed by atoms with E-state index in [0.29, 0.717) is 42.0 Å². The highest BCUT2D eigenvalue weighted by molar-refractivity contribution is 5.52. The molecule has 27 heavy (non-hydrogen) atoms. The lowest BCUT2D eigenvalue weighted by atomic mass is 10.1. The van der Waals surface area contributed by atoms with E-state index in [-0.39, 0.29) is 11.7 Å². The van der Waals surface area contributed by atoms with Crippen molar-refractivity contribution in [1.29, 1.82) is 0 Å². The van der Waals surface area contributed by atoms with Crippen LogP contribution < -0.4 is 16.8 Å². The Bertz CT molecular complexity index is 1070. The van der Waals surface area contributed by atoms with E-state index in [1.54, 1.807) is 30.5 Å². The van der Waals surface area contributed by atoms with Crippen LogP contribution in [0.4, 0.5) is 17.6 Å². The van der Waals surface area contributed by atoms with Gasteiger partial charge in [0.05, 0.1) is 6.26 Å². The minimum Gasteiger partial charge on any atom is -0.508 e. The number of aromatic hydroxyl groups is 1. The van der Waals surface area contributed by atoms with Gasteiger partial charge in [0.1, 0.15) is 5.75 Å². The summed E-state index contributed by atoms with van der Waals surface area (Å²) in [5.41, 5.74) is 12.9. The topological polar surface area (TPSA) is 153 Å². The second kappa shape index (κ2) is 6.83. The van der Waals surface area contributed by atoms with Crippen LogP contribution in [0.2, 0.25) is 0 Å². The molecule has 0 aliphatic heterocycles. The summed E-state index contributed by atoms with van der Waals surface area (Å²) in [6, 6.07) is 8.63. The minimum absolute atomic E-state index is 0.170. The molecule has 0 amide bonds. The molecule has 138 valence electrons. The quantitative estimate of drug-likeness (QED) is 0.295. The average Bonchev–Trinajstić information content (AvgIpc) is 3.29. The fourth-order valence-electron chi connectivity index (χ4n) is 2.67. The Morgan fingerprint density at radius 1 is 1.15 bits per heavy atom. The summed E-state index contributed by atoms with van der Waals surface area (Å²) < 4.78 is 6.64. The lowest BCUT2D eigenvalue weighted by Gasteiger charge is -2.07. The average molecular weight is 366 g/mol. The van der Waals surface area contributed by atoms with Gasteiger partial charge in [-0.15, -0.1) is 5.10 Å². The number of anilines is 3. The molecular weight excluding hydrogens is 348 g/mol. The van der Waals surface area contributed by atoms with Crippen molar-refractivity contribution in [1.82, 2.24) is 24.6 Å². The molecule has 0 saturated carbocycles. The number of aryl methyl sites for hydroxylation is 1. The van der Waals surface area contributed by atoms with Gasteiger partial charge in [-0.05, 0) is 36.6 Å². The molecule has 10 nitrogen and oxygen atoms in total. The van der Waals surface area contributed by atoms with Gasteiger partial charge in [0.25, 0.3) is 5.78 Å². The first-order valence-electron chi connectivity index (χ1n) is 8.35. The number of fused-ring (bicyclic) bond motifs is 1. The fraction of sp³-hybridized carbons (Fsp3) is 0.176. The molecule has 4 rings (SSSR count). The molecule has 10 heteroatoms. The Balaban J connectivity index is 1.43. The van der Waals surface area contributed by atoms with Gasteiger partial charge in [0, 0.05) is 18.3 Å². The van der Waals surface area contributed by atoms with Gasteiger partial charge in [0.2, 0.25) is 17.7 Å². The van der Waals surface area contributed by atoms with Gasteiger partial charge in [-0.2, -0.15) is 19.5 Å². The van der Waals surface area contributed by atoms with Crippen LogP contribution in [0.25, 0.3) is 17.4 Å². The molecule has 0 aliphatic carbocycles. The van der Waals surface area contributed by atoms with Crippen LogP contribution >= 0.6 is 0 Å². The van der Waals surface area contributed by atoms with Gasteiger partial charge in [-0.25, -0.2) is 0 Å². The summed E-state index contributed by atoms with van der Waals surface area (Å²) >= 11 is 0. The normalized spacial score (nSPS) is 11.1. The molecular formula is C17H18N8O2. The number of aromatic nitrogens is 5. The Hall–Kier alpha value is -3.82. The lowest BCUT2D eigenvalue weighted by molar-refractivity contribution is 0.468. The van der Waals surface area contributed by atoms with Crippen LogP contribution in [-0.2, 0) is 6.42 Å². The summed E-state index contributed by atoms with van der Waals surface area (Å²) in [7, 11) is 0. The van der Waals surface area contributed by atoms with Crippen molar-refractivity contribution in [2.45, 2.75) is 12.8 Å². The van der Waals surface area contributed by atoms with Gasteiger partial charge < -0.3 is 26.3 Å². The Morgan fingerprint density at radius 3 is 2.81 bits per heavy atom. The minimum atomic E-state index is 0.170. The smallest absolute Gasteiger partial charge is 0.259 e. The van der Waals surface area contributed by atoms with Gasteiger partial charge in [0.15, 0.2) is 5.76 Å². The van der Waals surface area contributed by atoms with Crippen molar-refractivity contribution in [2.75, 3.05) is 23.3 Å². The van der Waals surface area contributed by atoms with Crippen LogP contribution in [0.15, 0.2) is 41.0 Å². The molecule has 0 aliphatic rings. The number of furan rings is 1. The van der Waals surface area contributed by atoms with Crippen LogP contribution in [0.1, 0.15) is 12.0 Å². The second-order valence-corrected chi connectivity index (χ2v) is 5.95. The van der Waals surface area contributed by atoms with Crippen molar-refractivity contribution < 1.29 is 9.52 Å². The Kier molecular flexibility index (Phi) is 4.21. The number of phenols is 1. The number of nitrogens with one attached hydrogen (secondary N) is 1. The zero-order valence-electron chi connectivity index (χ0n) is 14.3. The molecule has 1 aromatic carbocycles. The Labute approximate surface area is 153 Å². The van der Waals surface area contributed by atoms with Crippen molar-refractivity contribution in [2.24, 2.45) is 0 Å². The van der Waals surface area contributed by atoms with E-state index in [0.717, 1.165) is 12.0 Å². The fourth-order valence-corrected chi connectivity index (χ4v) is 2.67. The first kappa shape index (κ1) is 16.6. The van der Waals surface area contributed by atoms with Crippen LogP contribution in [0, 0.1) is 0 Å². The van der Waals surface area contributed by atoms with E-state index in [1.807, 2.05) is 6.07 Å². The lowest BCUT2D eigenvalue weighted by Crippen LogP contribution is -2.11. The molecule has 0 unspecified atom stereocenters. The number of hydrogen-bond donors (Lipinski definition) is 4. The SMILES string of the molecule is Nc1ccc(CCCNc2nc(N)n3nc(-c4ccco4)nc3n2)c(O)c1. The van der Waals surface area contributed by atoms with E-state index in [2.05, 4.69) is 25.4 Å². The van der Waals surface area contributed by atoms with Crippen LogP contribution in [0.5, 0.6) is 5.75 Å². The molecule has 3 aromatic heterocycles. The van der Waals surface area contributed by atoms with Gasteiger partial charge >= 0.3 is 0 Å². The highest BCUT2D eigenvalue weighted by Gasteiger charge is 2.13. The van der Waals surface area contributed by atoms with Crippen molar-refractivity contribution in [3.8, 4) is 17.3 Å². The monoisotopic (exact) mass is 366 g/mol. The molecule has 0 atom stereocenters. The maximum atomic E-state index is 9.88. The molecule has 0 radical (unpaired) electrons. The van der Waals surface area contributed by atoms with E-state index in [9.17, 15) is 5.11 Å². The molecule has 3 heterocycles. The number of benzene rings is 1. The molecule has 4 aromatic rings. The standard InChI is InChI=1S/C17H18N8O2/c18-11-6-5-10(12(26)9-11)3-1-7-20-16-22-15(19)25-17(23-16)21-14(24-25)13-4-2-8-27-13/h2,4-6,8-9,26H,1,3,7,18H2,(H3,19,20,21,22,23,24). The van der Waals surface area contributed by atoms with Gasteiger partial charge in [-0.3, -0.25) is 0 Å².